The molecule has 0 saturated heterocycles. The van der Waals surface area contributed by atoms with E-state index in [1.165, 1.54) is 18.1 Å². The molecule has 0 nitrogen and oxygen atoms in total. The van der Waals surface area contributed by atoms with Crippen LogP contribution >= 0.6 is 0 Å². The molecule has 1 aliphatic carbocycles. The van der Waals surface area contributed by atoms with Gasteiger partial charge in [0.25, 0.3) is 0 Å². The Labute approximate surface area is 184 Å². The third kappa shape index (κ3) is 6.18. The van der Waals surface area contributed by atoms with Crippen LogP contribution < -0.4 is 0 Å². The molecule has 0 spiro atoms. The van der Waals surface area contributed by atoms with Crippen molar-refractivity contribution in [2.45, 2.75) is 57.5 Å². The van der Waals surface area contributed by atoms with Gasteiger partial charge >= 0.3 is 6.18 Å². The average Bonchev–Trinajstić information content (AvgIpc) is 2.73. The lowest BCUT2D eigenvalue weighted by Gasteiger charge is -2.28. The lowest BCUT2D eigenvalue weighted by molar-refractivity contribution is -0.0696. The molecule has 2 aromatic rings. The van der Waals surface area contributed by atoms with Crippen molar-refractivity contribution in [1.82, 2.24) is 0 Å². The van der Waals surface area contributed by atoms with Crippen LogP contribution in [0.2, 0.25) is 0 Å². The largest absolute Gasteiger partial charge is 0.458 e. The second kappa shape index (κ2) is 10.3. The maximum Gasteiger partial charge on any atom is 0.458 e. The number of halogens is 6. The first-order valence-electron chi connectivity index (χ1n) is 10.7. The molecule has 1 aliphatic rings. The normalized spacial score (nSPS) is 19.1. The van der Waals surface area contributed by atoms with Crippen molar-refractivity contribution in [1.29, 1.82) is 0 Å². The fourth-order valence-electron chi connectivity index (χ4n) is 4.28. The van der Waals surface area contributed by atoms with Crippen LogP contribution in [0.4, 0.5) is 26.3 Å². The zero-order chi connectivity index (χ0) is 23.3. The number of hydrogen-bond donors (Lipinski definition) is 0. The smallest absolute Gasteiger partial charge is 0.206 e. The van der Waals surface area contributed by atoms with Gasteiger partial charge in [-0.2, -0.15) is 13.2 Å². The molecule has 3 rings (SSSR count). The summed E-state index contributed by atoms with van der Waals surface area (Å²) in [5.74, 6) is 0.0715. The minimum absolute atomic E-state index is 0.0121. The first-order valence-corrected chi connectivity index (χ1v) is 10.7. The summed E-state index contributed by atoms with van der Waals surface area (Å²) >= 11 is 0. The molecule has 0 radical (unpaired) electrons. The molecule has 1 saturated carbocycles. The lowest BCUT2D eigenvalue weighted by Crippen LogP contribution is -2.13. The van der Waals surface area contributed by atoms with Gasteiger partial charge in [0.15, 0.2) is 0 Å². The molecule has 0 amide bonds. The lowest BCUT2D eigenvalue weighted by atomic mass is 9.77. The van der Waals surface area contributed by atoms with E-state index >= 15 is 0 Å². The zero-order valence-corrected chi connectivity index (χ0v) is 17.7. The molecule has 0 aliphatic heterocycles. The monoisotopic (exact) mass is 450 g/mol. The Morgan fingerprint density at radius 3 is 2.16 bits per heavy atom. The van der Waals surface area contributed by atoms with Crippen molar-refractivity contribution in [3.05, 3.63) is 71.1 Å². The molecule has 0 aromatic heterocycles. The van der Waals surface area contributed by atoms with Crippen LogP contribution in [-0.4, -0.2) is 6.18 Å². The number of benzene rings is 2. The highest BCUT2D eigenvalue weighted by Crippen LogP contribution is 2.39. The molecule has 6 heteroatoms. The highest BCUT2D eigenvalue weighted by atomic mass is 19.4. The molecular weight excluding hydrogens is 426 g/mol. The van der Waals surface area contributed by atoms with Crippen molar-refractivity contribution < 1.29 is 26.3 Å². The van der Waals surface area contributed by atoms with E-state index in [-0.39, 0.29) is 17.0 Å². The molecule has 32 heavy (non-hydrogen) atoms. The van der Waals surface area contributed by atoms with Crippen molar-refractivity contribution >= 4 is 0 Å². The Balaban J connectivity index is 1.75. The van der Waals surface area contributed by atoms with Gasteiger partial charge < -0.3 is 0 Å². The summed E-state index contributed by atoms with van der Waals surface area (Å²) in [7, 11) is 0. The van der Waals surface area contributed by atoms with Gasteiger partial charge in [-0.1, -0.05) is 30.2 Å². The highest BCUT2D eigenvalue weighted by Gasteiger charge is 2.25. The Morgan fingerprint density at radius 2 is 1.59 bits per heavy atom. The van der Waals surface area contributed by atoms with Gasteiger partial charge in [-0.25, -0.2) is 13.2 Å². The van der Waals surface area contributed by atoms with Crippen molar-refractivity contribution in [2.75, 3.05) is 0 Å². The maximum absolute atomic E-state index is 14.8. The van der Waals surface area contributed by atoms with E-state index in [1.54, 1.807) is 6.07 Å². The molecular formula is C26H24F6. The van der Waals surface area contributed by atoms with Gasteiger partial charge in [-0.3, -0.25) is 0 Å². The number of rotatable bonds is 5. The quantitative estimate of drug-likeness (QED) is 0.244. The third-order valence-corrected chi connectivity index (χ3v) is 5.97. The van der Waals surface area contributed by atoms with E-state index in [0.29, 0.717) is 5.92 Å². The Hall–Kier alpha value is -2.68. The average molecular weight is 450 g/mol. The summed E-state index contributed by atoms with van der Waals surface area (Å²) < 4.78 is 79.8. The van der Waals surface area contributed by atoms with Gasteiger partial charge in [0, 0.05) is 11.5 Å². The van der Waals surface area contributed by atoms with Crippen LogP contribution in [0.25, 0.3) is 11.1 Å². The van der Waals surface area contributed by atoms with Crippen LogP contribution in [0.1, 0.15) is 62.5 Å². The Kier molecular flexibility index (Phi) is 7.71. The van der Waals surface area contributed by atoms with Crippen LogP contribution in [0.15, 0.2) is 42.5 Å². The van der Waals surface area contributed by atoms with E-state index in [1.807, 2.05) is 6.92 Å². The second-order valence-electron chi connectivity index (χ2n) is 8.17. The Morgan fingerprint density at radius 1 is 0.938 bits per heavy atom. The minimum atomic E-state index is -4.87. The van der Waals surface area contributed by atoms with Gasteiger partial charge in [-0.15, -0.1) is 0 Å². The summed E-state index contributed by atoms with van der Waals surface area (Å²) in [6, 6.07) is 6.23. The van der Waals surface area contributed by atoms with E-state index in [2.05, 4.69) is 12.2 Å². The number of alkyl halides is 3. The second-order valence-corrected chi connectivity index (χ2v) is 8.17. The predicted octanol–water partition coefficient (Wildman–Crippen LogP) is 8.31. The van der Waals surface area contributed by atoms with Gasteiger partial charge in [0.1, 0.15) is 17.5 Å². The van der Waals surface area contributed by atoms with Crippen LogP contribution in [-0.2, 0) is 0 Å². The summed E-state index contributed by atoms with van der Waals surface area (Å²) in [6.07, 6.45) is 5.69. The predicted molar refractivity (Wildman–Crippen MR) is 113 cm³/mol. The zero-order valence-electron chi connectivity index (χ0n) is 17.7. The molecule has 0 unspecified atom stereocenters. The summed E-state index contributed by atoms with van der Waals surface area (Å²) in [5.41, 5.74) is -0.239. The molecule has 0 heterocycles. The van der Waals surface area contributed by atoms with Gasteiger partial charge in [0.05, 0.1) is 5.56 Å². The highest BCUT2D eigenvalue weighted by molar-refractivity contribution is 5.66. The van der Waals surface area contributed by atoms with Crippen LogP contribution in [0, 0.1) is 35.2 Å². The van der Waals surface area contributed by atoms with Crippen molar-refractivity contribution in [2.24, 2.45) is 5.92 Å². The molecule has 2 aromatic carbocycles. The van der Waals surface area contributed by atoms with E-state index in [4.69, 9.17) is 0 Å². The van der Waals surface area contributed by atoms with E-state index in [0.717, 1.165) is 62.1 Å². The SMILES string of the molecule is CC=CCCC1CCC(c2ccc(-c3cc(F)c(C#CC(F)(F)F)c(F)c3)c(F)c2)CC1. The third-order valence-electron chi connectivity index (χ3n) is 5.97. The maximum atomic E-state index is 14.8. The Bertz CT molecular complexity index is 1010. The molecule has 1 fully saturated rings. The summed E-state index contributed by atoms with van der Waals surface area (Å²) in [5, 5.41) is 0. The number of allylic oxidation sites excluding steroid dienone is 2. The van der Waals surface area contributed by atoms with Crippen molar-refractivity contribution in [3.63, 3.8) is 0 Å². The molecule has 0 atom stereocenters. The van der Waals surface area contributed by atoms with E-state index in [9.17, 15) is 26.3 Å². The summed E-state index contributed by atoms with van der Waals surface area (Å²) in [6.45, 7) is 2.01. The van der Waals surface area contributed by atoms with Crippen molar-refractivity contribution in [3.8, 4) is 23.0 Å². The number of hydrogen-bond acceptors (Lipinski definition) is 0. The van der Waals surface area contributed by atoms with Crippen LogP contribution in [0.3, 0.4) is 0 Å². The molecule has 0 bridgehead atoms. The van der Waals surface area contributed by atoms with Gasteiger partial charge in [-0.05, 0) is 86.6 Å². The molecule has 170 valence electrons. The van der Waals surface area contributed by atoms with Gasteiger partial charge in [0.2, 0.25) is 0 Å². The standard InChI is InChI=1S/C26H24F6/c1-2-3-4-5-17-6-8-18(9-7-17)19-10-11-21(23(27)14-19)20-15-24(28)22(25(29)16-20)12-13-26(30,31)32/h2-3,10-11,14-18H,4-9H2,1H3. The first-order chi connectivity index (χ1) is 15.2. The fraction of sp³-hybridized carbons (Fsp3) is 0.385. The molecule has 0 N–H and O–H groups in total. The first kappa shape index (κ1) is 24.0. The van der Waals surface area contributed by atoms with Crippen LogP contribution in [0.5, 0.6) is 0 Å². The fourth-order valence-corrected chi connectivity index (χ4v) is 4.28. The summed E-state index contributed by atoms with van der Waals surface area (Å²) in [4.78, 5) is 0. The topological polar surface area (TPSA) is 0 Å². The van der Waals surface area contributed by atoms with E-state index < -0.39 is 29.2 Å². The minimum Gasteiger partial charge on any atom is -0.206 e.